The number of aromatic nitrogens is 4. The zero-order valence-corrected chi connectivity index (χ0v) is 18.5. The minimum absolute atomic E-state index is 0.0359. The summed E-state index contributed by atoms with van der Waals surface area (Å²) < 4.78 is 17.8. The highest BCUT2D eigenvalue weighted by Crippen LogP contribution is 2.32. The number of imidazole rings is 1. The summed E-state index contributed by atoms with van der Waals surface area (Å²) in [7, 11) is 0. The van der Waals surface area contributed by atoms with Crippen molar-refractivity contribution in [3.05, 3.63) is 52.6 Å². The van der Waals surface area contributed by atoms with E-state index in [9.17, 15) is 19.2 Å². The molecule has 1 saturated heterocycles. The Balaban J connectivity index is 1.56. The van der Waals surface area contributed by atoms with Gasteiger partial charge in [0, 0.05) is 20.3 Å². The molecule has 34 heavy (non-hydrogen) atoms. The third kappa shape index (κ3) is 5.29. The number of nitrogens with zero attached hydrogens (tertiary/aromatic N) is 3. The van der Waals surface area contributed by atoms with E-state index in [-0.39, 0.29) is 42.5 Å². The highest BCUT2D eigenvalue weighted by Gasteiger charge is 2.40. The molecule has 4 rings (SSSR count). The molecule has 1 aliphatic rings. The van der Waals surface area contributed by atoms with Crippen molar-refractivity contribution in [2.75, 3.05) is 11.9 Å². The number of aromatic amines is 1. The van der Waals surface area contributed by atoms with Gasteiger partial charge in [-0.2, -0.15) is 4.98 Å². The zero-order valence-electron chi connectivity index (χ0n) is 18.5. The van der Waals surface area contributed by atoms with Gasteiger partial charge in [-0.05, 0) is 5.56 Å². The second-order valence-electron chi connectivity index (χ2n) is 7.76. The lowest BCUT2D eigenvalue weighted by molar-refractivity contribution is -0.155. The van der Waals surface area contributed by atoms with Crippen LogP contribution in [-0.2, 0) is 35.0 Å². The average molecular weight is 469 g/mol. The number of ether oxygens (including phenoxy) is 3. The molecular weight excluding hydrogens is 446 g/mol. The van der Waals surface area contributed by atoms with Gasteiger partial charge in [0.15, 0.2) is 11.2 Å². The minimum atomic E-state index is -0.706. The van der Waals surface area contributed by atoms with Gasteiger partial charge >= 0.3 is 11.9 Å². The molecule has 2 N–H and O–H groups in total. The number of carbonyl (C=O) groups excluding carboxylic acids is 3. The van der Waals surface area contributed by atoms with E-state index < -0.39 is 35.9 Å². The van der Waals surface area contributed by atoms with E-state index in [1.807, 2.05) is 30.3 Å². The van der Waals surface area contributed by atoms with Crippen LogP contribution in [0.1, 0.15) is 32.1 Å². The number of rotatable bonds is 7. The molecule has 0 spiro atoms. The van der Waals surface area contributed by atoms with Gasteiger partial charge in [-0.25, -0.2) is 4.98 Å². The maximum absolute atomic E-state index is 12.5. The maximum atomic E-state index is 12.5. The number of esters is 2. The quantitative estimate of drug-likeness (QED) is 0.484. The molecule has 12 heteroatoms. The van der Waals surface area contributed by atoms with Gasteiger partial charge < -0.3 is 14.2 Å². The molecule has 3 atom stereocenters. The van der Waals surface area contributed by atoms with E-state index in [1.54, 1.807) is 0 Å². The maximum Gasteiger partial charge on any atom is 0.303 e. The van der Waals surface area contributed by atoms with Crippen LogP contribution in [0.25, 0.3) is 11.2 Å². The van der Waals surface area contributed by atoms with E-state index >= 15 is 0 Å². The van der Waals surface area contributed by atoms with Crippen molar-refractivity contribution in [1.82, 2.24) is 19.5 Å². The SMILES string of the molecule is CC(=O)OC[C@H]1O[C@@H](n2cnc3c(=O)[nH]c(NC(=O)Cc4ccccc4)nc32)C[C@@H]1OC(C)=O. The Morgan fingerprint density at radius 3 is 2.68 bits per heavy atom. The molecule has 178 valence electrons. The molecular formula is C22H23N5O7. The van der Waals surface area contributed by atoms with Crippen LogP contribution in [0.4, 0.5) is 5.95 Å². The number of hydrogen-bond acceptors (Lipinski definition) is 9. The highest BCUT2D eigenvalue weighted by atomic mass is 16.6. The summed E-state index contributed by atoms with van der Waals surface area (Å²) >= 11 is 0. The van der Waals surface area contributed by atoms with Gasteiger partial charge in [0.25, 0.3) is 5.56 Å². The third-order valence-electron chi connectivity index (χ3n) is 5.16. The first kappa shape index (κ1) is 23.1. The largest absolute Gasteiger partial charge is 0.463 e. The van der Waals surface area contributed by atoms with Gasteiger partial charge in [0.1, 0.15) is 25.0 Å². The number of H-pyrrole nitrogens is 1. The molecule has 3 aromatic rings. The van der Waals surface area contributed by atoms with E-state index in [0.717, 1.165) is 5.56 Å². The summed E-state index contributed by atoms with van der Waals surface area (Å²) in [6, 6.07) is 9.14. The summed E-state index contributed by atoms with van der Waals surface area (Å²) in [6.07, 6.45) is -0.367. The number of carbonyl (C=O) groups is 3. The van der Waals surface area contributed by atoms with Crippen LogP contribution in [-0.4, -0.2) is 56.2 Å². The predicted octanol–water partition coefficient (Wildman–Crippen LogP) is 1.08. The number of fused-ring (bicyclic) bond motifs is 1. The molecule has 1 amide bonds. The molecule has 0 saturated carbocycles. The van der Waals surface area contributed by atoms with Gasteiger partial charge in [0.2, 0.25) is 11.9 Å². The Hall–Kier alpha value is -4.06. The summed E-state index contributed by atoms with van der Waals surface area (Å²) in [5, 5.41) is 2.59. The van der Waals surface area contributed by atoms with E-state index in [2.05, 4.69) is 20.3 Å². The highest BCUT2D eigenvalue weighted by molar-refractivity contribution is 5.91. The van der Waals surface area contributed by atoms with E-state index in [0.29, 0.717) is 0 Å². The lowest BCUT2D eigenvalue weighted by Gasteiger charge is -2.17. The zero-order chi connectivity index (χ0) is 24.2. The first-order chi connectivity index (χ1) is 16.3. The van der Waals surface area contributed by atoms with Gasteiger partial charge in [-0.3, -0.25) is 34.0 Å². The second-order valence-corrected chi connectivity index (χ2v) is 7.76. The molecule has 0 radical (unpaired) electrons. The fraction of sp³-hybridized carbons (Fsp3) is 0.364. The van der Waals surface area contributed by atoms with Crippen LogP contribution in [0.3, 0.4) is 0 Å². The number of hydrogen-bond donors (Lipinski definition) is 2. The van der Waals surface area contributed by atoms with Gasteiger partial charge in [0.05, 0.1) is 12.7 Å². The van der Waals surface area contributed by atoms with Crippen LogP contribution in [0.2, 0.25) is 0 Å². The Labute approximate surface area is 193 Å². The van der Waals surface area contributed by atoms with Crippen molar-refractivity contribution in [2.24, 2.45) is 0 Å². The molecule has 1 aliphatic heterocycles. The smallest absolute Gasteiger partial charge is 0.303 e. The van der Waals surface area contributed by atoms with Crippen molar-refractivity contribution in [2.45, 2.75) is 45.1 Å². The average Bonchev–Trinajstić information content (AvgIpc) is 3.36. The fourth-order valence-electron chi connectivity index (χ4n) is 3.71. The number of nitrogens with one attached hydrogen (secondary N) is 2. The Bertz CT molecular complexity index is 1270. The lowest BCUT2D eigenvalue weighted by atomic mass is 10.1. The molecule has 0 bridgehead atoms. The number of anilines is 1. The fourth-order valence-corrected chi connectivity index (χ4v) is 3.71. The standard InChI is InChI=1S/C22H23N5O7/c1-12(28)32-10-16-15(33-13(2)29)9-18(34-16)27-11-23-19-20(27)25-22(26-21(19)31)24-17(30)8-14-6-4-3-5-7-14/h3-7,11,15-16,18H,8-10H2,1-2H3,(H2,24,25,26,30,31)/t15-,16+,18+/m0/s1. The van der Waals surface area contributed by atoms with Crippen molar-refractivity contribution in [3.63, 3.8) is 0 Å². The minimum Gasteiger partial charge on any atom is -0.463 e. The monoisotopic (exact) mass is 469 g/mol. The molecule has 12 nitrogen and oxygen atoms in total. The third-order valence-corrected chi connectivity index (χ3v) is 5.16. The van der Waals surface area contributed by atoms with Crippen LogP contribution in [0, 0.1) is 0 Å². The van der Waals surface area contributed by atoms with Crippen molar-refractivity contribution < 1.29 is 28.6 Å². The number of amides is 1. The van der Waals surface area contributed by atoms with E-state index in [4.69, 9.17) is 14.2 Å². The van der Waals surface area contributed by atoms with Crippen LogP contribution < -0.4 is 10.9 Å². The molecule has 3 heterocycles. The number of benzene rings is 1. The summed E-state index contributed by atoms with van der Waals surface area (Å²) in [5.74, 6) is -1.39. The Kier molecular flexibility index (Phi) is 6.68. The first-order valence-corrected chi connectivity index (χ1v) is 10.6. The Morgan fingerprint density at radius 1 is 1.21 bits per heavy atom. The normalized spacial score (nSPS) is 19.6. The molecule has 2 aromatic heterocycles. The van der Waals surface area contributed by atoms with Crippen molar-refractivity contribution in [3.8, 4) is 0 Å². The van der Waals surface area contributed by atoms with Crippen LogP contribution >= 0.6 is 0 Å². The van der Waals surface area contributed by atoms with Crippen LogP contribution in [0.15, 0.2) is 41.5 Å². The second kappa shape index (κ2) is 9.83. The van der Waals surface area contributed by atoms with Gasteiger partial charge in [-0.1, -0.05) is 30.3 Å². The molecule has 0 unspecified atom stereocenters. The molecule has 0 aliphatic carbocycles. The predicted molar refractivity (Wildman–Crippen MR) is 118 cm³/mol. The van der Waals surface area contributed by atoms with E-state index in [1.165, 1.54) is 24.7 Å². The first-order valence-electron chi connectivity index (χ1n) is 10.6. The van der Waals surface area contributed by atoms with Crippen LogP contribution in [0.5, 0.6) is 0 Å². The van der Waals surface area contributed by atoms with Crippen molar-refractivity contribution >= 4 is 35.0 Å². The van der Waals surface area contributed by atoms with Gasteiger partial charge in [-0.15, -0.1) is 0 Å². The topological polar surface area (TPSA) is 154 Å². The molecule has 1 aromatic carbocycles. The molecule has 1 fully saturated rings. The summed E-state index contributed by atoms with van der Waals surface area (Å²) in [6.45, 7) is 2.43. The summed E-state index contributed by atoms with van der Waals surface area (Å²) in [5.41, 5.74) is 0.503. The summed E-state index contributed by atoms with van der Waals surface area (Å²) in [4.78, 5) is 58.6. The van der Waals surface area contributed by atoms with Crippen molar-refractivity contribution in [1.29, 1.82) is 0 Å². The lowest BCUT2D eigenvalue weighted by Crippen LogP contribution is -2.31. The Morgan fingerprint density at radius 2 is 1.97 bits per heavy atom.